The van der Waals surface area contributed by atoms with E-state index in [1.165, 1.54) is 0 Å². The van der Waals surface area contributed by atoms with Gasteiger partial charge in [-0.05, 0) is 12.1 Å². The Morgan fingerprint density at radius 2 is 2.00 bits per heavy atom. The van der Waals surface area contributed by atoms with E-state index in [4.69, 9.17) is 10.8 Å². The fraction of sp³-hybridized carbons (Fsp3) is 0.429. The molecule has 1 atom stereocenters. The maximum atomic E-state index is 9.08. The molecule has 0 saturated carbocycles. The highest BCUT2D eigenvalue weighted by Crippen LogP contribution is 1.92. The summed E-state index contributed by atoms with van der Waals surface area (Å²) in [5.41, 5.74) is 5.23. The molecule has 56 valence electrons. The number of aliphatic hydroxyl groups excluding tert-OH is 1. The van der Waals surface area contributed by atoms with Crippen LogP contribution in [0.5, 0.6) is 0 Å². The Kier molecular flexibility index (Phi) is 2.48. The molecule has 0 spiro atoms. The van der Waals surface area contributed by atoms with Crippen molar-refractivity contribution in [3.63, 3.8) is 0 Å². The third kappa shape index (κ3) is 1.86. The van der Waals surface area contributed by atoms with Crippen LogP contribution in [0, 0.1) is 0 Å². The lowest BCUT2D eigenvalue weighted by Gasteiger charge is -2.07. The maximum absolute atomic E-state index is 9.08. The van der Waals surface area contributed by atoms with Gasteiger partial charge in [0.2, 0.25) is 0 Å². The Morgan fingerprint density at radius 1 is 1.40 bits per heavy atom. The summed E-state index contributed by atoms with van der Waals surface area (Å²) >= 11 is 0. The summed E-state index contributed by atoms with van der Waals surface area (Å²) in [4.78, 5) is 0. The average Bonchev–Trinajstić information content (AvgIpc) is 2.40. The molecule has 1 aromatic heterocycles. The van der Waals surface area contributed by atoms with Crippen LogP contribution in [-0.4, -0.2) is 22.3 Å². The van der Waals surface area contributed by atoms with E-state index in [2.05, 4.69) is 0 Å². The van der Waals surface area contributed by atoms with E-state index in [0.717, 1.165) is 0 Å². The second kappa shape index (κ2) is 3.39. The zero-order valence-electron chi connectivity index (χ0n) is 5.77. The van der Waals surface area contributed by atoms with Crippen molar-refractivity contribution in [1.82, 2.24) is 4.57 Å². The monoisotopic (exact) mass is 140 g/mol. The Hall–Kier alpha value is -0.800. The molecule has 0 aromatic carbocycles. The van der Waals surface area contributed by atoms with Crippen LogP contribution < -0.4 is 5.73 Å². The summed E-state index contributed by atoms with van der Waals surface area (Å²) in [6, 6.07) is 3.84. The minimum atomic E-state index is -0.424. The Bertz CT molecular complexity index is 172. The lowest BCUT2D eigenvalue weighted by atomic mass is 10.3. The van der Waals surface area contributed by atoms with Crippen LogP contribution in [0.4, 0.5) is 0 Å². The quantitative estimate of drug-likeness (QED) is 0.611. The van der Waals surface area contributed by atoms with Crippen molar-refractivity contribution in [2.75, 3.05) is 6.54 Å². The standard InChI is InChI=1S/C7H12N2O/c8-5-7(10)6-9-3-1-2-4-9/h1-4,7,10H,5-6,8H2. The van der Waals surface area contributed by atoms with Gasteiger partial charge in [0.05, 0.1) is 6.10 Å². The molecular weight excluding hydrogens is 128 g/mol. The van der Waals surface area contributed by atoms with Crippen LogP contribution in [0.1, 0.15) is 0 Å². The SMILES string of the molecule is NCC(O)Cn1cccc1. The van der Waals surface area contributed by atoms with Gasteiger partial charge in [0.15, 0.2) is 0 Å². The third-order valence-corrected chi connectivity index (χ3v) is 1.36. The van der Waals surface area contributed by atoms with E-state index < -0.39 is 6.10 Å². The van der Waals surface area contributed by atoms with Crippen LogP contribution in [0.2, 0.25) is 0 Å². The van der Waals surface area contributed by atoms with E-state index >= 15 is 0 Å². The topological polar surface area (TPSA) is 51.2 Å². The number of rotatable bonds is 3. The van der Waals surface area contributed by atoms with Gasteiger partial charge in [-0.3, -0.25) is 0 Å². The molecular formula is C7H12N2O. The summed E-state index contributed by atoms with van der Waals surface area (Å²) in [5.74, 6) is 0. The van der Waals surface area contributed by atoms with E-state index in [9.17, 15) is 0 Å². The molecule has 0 aliphatic carbocycles. The summed E-state index contributed by atoms with van der Waals surface area (Å²) in [7, 11) is 0. The first kappa shape index (κ1) is 7.31. The highest BCUT2D eigenvalue weighted by molar-refractivity contribution is 4.90. The number of aliphatic hydroxyl groups is 1. The van der Waals surface area contributed by atoms with Crippen molar-refractivity contribution < 1.29 is 5.11 Å². The Balaban J connectivity index is 2.40. The molecule has 0 radical (unpaired) electrons. The van der Waals surface area contributed by atoms with Crippen molar-refractivity contribution in [1.29, 1.82) is 0 Å². The first-order valence-corrected chi connectivity index (χ1v) is 3.32. The van der Waals surface area contributed by atoms with Crippen LogP contribution in [-0.2, 0) is 6.54 Å². The normalized spacial score (nSPS) is 13.4. The van der Waals surface area contributed by atoms with Crippen molar-refractivity contribution in [2.24, 2.45) is 5.73 Å². The fourth-order valence-corrected chi connectivity index (χ4v) is 0.810. The molecule has 0 amide bonds. The third-order valence-electron chi connectivity index (χ3n) is 1.36. The first-order chi connectivity index (χ1) is 4.83. The largest absolute Gasteiger partial charge is 0.390 e. The molecule has 3 nitrogen and oxygen atoms in total. The molecule has 0 fully saturated rings. The van der Waals surface area contributed by atoms with Gasteiger partial charge in [-0.1, -0.05) is 0 Å². The van der Waals surface area contributed by atoms with Crippen molar-refractivity contribution >= 4 is 0 Å². The molecule has 1 rings (SSSR count). The molecule has 0 saturated heterocycles. The molecule has 0 aliphatic heterocycles. The first-order valence-electron chi connectivity index (χ1n) is 3.32. The minimum Gasteiger partial charge on any atom is -0.390 e. The predicted molar refractivity (Wildman–Crippen MR) is 39.5 cm³/mol. The van der Waals surface area contributed by atoms with Gasteiger partial charge in [0.1, 0.15) is 0 Å². The zero-order chi connectivity index (χ0) is 7.40. The highest BCUT2D eigenvalue weighted by Gasteiger charge is 1.99. The van der Waals surface area contributed by atoms with Crippen molar-refractivity contribution in [3.05, 3.63) is 24.5 Å². The summed E-state index contributed by atoms with van der Waals surface area (Å²) in [5, 5.41) is 9.08. The van der Waals surface area contributed by atoms with Gasteiger partial charge in [-0.25, -0.2) is 0 Å². The molecule has 10 heavy (non-hydrogen) atoms. The van der Waals surface area contributed by atoms with Crippen molar-refractivity contribution in [2.45, 2.75) is 12.6 Å². The molecule has 3 N–H and O–H groups in total. The fourth-order valence-electron chi connectivity index (χ4n) is 0.810. The van der Waals surface area contributed by atoms with Crippen molar-refractivity contribution in [3.8, 4) is 0 Å². The van der Waals surface area contributed by atoms with Crippen LogP contribution in [0.15, 0.2) is 24.5 Å². The van der Waals surface area contributed by atoms with Crippen LogP contribution in [0.25, 0.3) is 0 Å². The van der Waals surface area contributed by atoms with Gasteiger partial charge in [0, 0.05) is 25.5 Å². The van der Waals surface area contributed by atoms with Gasteiger partial charge in [0.25, 0.3) is 0 Å². The van der Waals surface area contributed by atoms with Crippen LogP contribution in [0.3, 0.4) is 0 Å². The molecule has 1 unspecified atom stereocenters. The van der Waals surface area contributed by atoms with E-state index in [-0.39, 0.29) is 0 Å². The number of nitrogens with zero attached hydrogens (tertiary/aromatic N) is 1. The van der Waals surface area contributed by atoms with Gasteiger partial charge < -0.3 is 15.4 Å². The van der Waals surface area contributed by atoms with E-state index in [0.29, 0.717) is 13.1 Å². The molecule has 0 bridgehead atoms. The Morgan fingerprint density at radius 3 is 2.50 bits per heavy atom. The lowest BCUT2D eigenvalue weighted by Crippen LogP contribution is -2.24. The van der Waals surface area contributed by atoms with Gasteiger partial charge in [-0.2, -0.15) is 0 Å². The zero-order valence-corrected chi connectivity index (χ0v) is 5.77. The number of aromatic nitrogens is 1. The Labute approximate surface area is 60.1 Å². The summed E-state index contributed by atoms with van der Waals surface area (Å²) < 4.78 is 1.90. The molecule has 0 aliphatic rings. The van der Waals surface area contributed by atoms with Gasteiger partial charge >= 0.3 is 0 Å². The number of hydrogen-bond acceptors (Lipinski definition) is 2. The second-order valence-electron chi connectivity index (χ2n) is 2.27. The van der Waals surface area contributed by atoms with E-state index in [1.807, 2.05) is 29.1 Å². The molecule has 1 aromatic rings. The lowest BCUT2D eigenvalue weighted by molar-refractivity contribution is 0.162. The second-order valence-corrected chi connectivity index (χ2v) is 2.27. The van der Waals surface area contributed by atoms with E-state index in [1.54, 1.807) is 0 Å². The predicted octanol–water partition coefficient (Wildman–Crippen LogP) is -0.192. The highest BCUT2D eigenvalue weighted by atomic mass is 16.3. The average molecular weight is 140 g/mol. The number of nitrogens with two attached hydrogens (primary N) is 1. The smallest absolute Gasteiger partial charge is 0.0840 e. The summed E-state index contributed by atoms with van der Waals surface area (Å²) in [6.07, 6.45) is 3.38. The minimum absolute atomic E-state index is 0.318. The van der Waals surface area contributed by atoms with Crippen LogP contribution >= 0.6 is 0 Å². The summed E-state index contributed by atoms with van der Waals surface area (Å²) in [6.45, 7) is 0.904. The molecule has 3 heteroatoms. The van der Waals surface area contributed by atoms with Gasteiger partial charge in [-0.15, -0.1) is 0 Å². The maximum Gasteiger partial charge on any atom is 0.0840 e. The molecule has 1 heterocycles. The number of hydrogen-bond donors (Lipinski definition) is 2.